The van der Waals surface area contributed by atoms with Gasteiger partial charge in [-0.1, -0.05) is 25.7 Å². The second kappa shape index (κ2) is 6.24. The summed E-state index contributed by atoms with van der Waals surface area (Å²) < 4.78 is 0. The molecule has 3 nitrogen and oxygen atoms in total. The van der Waals surface area contributed by atoms with Gasteiger partial charge in [0.05, 0.1) is 0 Å². The Morgan fingerprint density at radius 1 is 0.938 bits per heavy atom. The lowest BCUT2D eigenvalue weighted by Crippen LogP contribution is -2.39. The third-order valence-corrected chi connectivity index (χ3v) is 3.81. The molecular weight excluding hydrogens is 200 g/mol. The maximum absolute atomic E-state index is 11.5. The van der Waals surface area contributed by atoms with E-state index in [0.29, 0.717) is 18.5 Å². The predicted octanol–water partition coefficient (Wildman–Crippen LogP) is 1.97. The van der Waals surface area contributed by atoms with E-state index >= 15 is 0 Å². The number of hydrogen-bond acceptors (Lipinski definition) is 2. The monoisotopic (exact) mass is 224 g/mol. The Kier molecular flexibility index (Phi) is 4.64. The van der Waals surface area contributed by atoms with E-state index in [1.807, 2.05) is 0 Å². The normalized spacial score (nSPS) is 29.2. The fourth-order valence-electron chi connectivity index (χ4n) is 2.90. The molecule has 0 aromatic heterocycles. The minimum absolute atomic E-state index is 0.226. The van der Waals surface area contributed by atoms with Gasteiger partial charge in [-0.05, 0) is 25.7 Å². The van der Waals surface area contributed by atoms with Gasteiger partial charge in [-0.25, -0.2) is 0 Å². The molecule has 1 aliphatic heterocycles. The van der Waals surface area contributed by atoms with Crippen LogP contribution in [0.3, 0.4) is 0 Å². The van der Waals surface area contributed by atoms with Crippen LogP contribution in [0.1, 0.15) is 57.8 Å². The molecule has 0 aromatic carbocycles. The van der Waals surface area contributed by atoms with Crippen molar-refractivity contribution in [3.05, 3.63) is 0 Å². The summed E-state index contributed by atoms with van der Waals surface area (Å²) in [5.41, 5.74) is 0. The first-order valence-electron chi connectivity index (χ1n) is 6.87. The summed E-state index contributed by atoms with van der Waals surface area (Å²) in [6, 6.07) is 1.09. The highest BCUT2D eigenvalue weighted by Crippen LogP contribution is 2.19. The minimum atomic E-state index is 0.226. The molecule has 0 bridgehead atoms. The molecular formula is C13H24N2O. The van der Waals surface area contributed by atoms with Crippen LogP contribution < -0.4 is 10.6 Å². The third kappa shape index (κ3) is 3.78. The van der Waals surface area contributed by atoms with Gasteiger partial charge in [-0.3, -0.25) is 4.79 Å². The highest BCUT2D eigenvalue weighted by Gasteiger charge is 2.21. The van der Waals surface area contributed by atoms with Gasteiger partial charge in [0.1, 0.15) is 0 Å². The van der Waals surface area contributed by atoms with Gasteiger partial charge in [0.15, 0.2) is 0 Å². The van der Waals surface area contributed by atoms with Crippen molar-refractivity contribution in [3.63, 3.8) is 0 Å². The molecule has 0 radical (unpaired) electrons. The van der Waals surface area contributed by atoms with Crippen LogP contribution >= 0.6 is 0 Å². The van der Waals surface area contributed by atoms with Crippen LogP contribution in [-0.4, -0.2) is 24.5 Å². The fraction of sp³-hybridized carbons (Fsp3) is 0.923. The topological polar surface area (TPSA) is 41.1 Å². The molecule has 2 aliphatic rings. The molecule has 1 atom stereocenters. The van der Waals surface area contributed by atoms with Crippen LogP contribution in [0.2, 0.25) is 0 Å². The van der Waals surface area contributed by atoms with Gasteiger partial charge in [0.25, 0.3) is 0 Å². The molecule has 16 heavy (non-hydrogen) atoms. The van der Waals surface area contributed by atoms with Gasteiger partial charge >= 0.3 is 0 Å². The van der Waals surface area contributed by atoms with Crippen LogP contribution in [0, 0.1) is 0 Å². The molecule has 0 spiro atoms. The summed E-state index contributed by atoms with van der Waals surface area (Å²) in [7, 11) is 0. The van der Waals surface area contributed by atoms with Crippen LogP contribution in [0.4, 0.5) is 0 Å². The smallest absolute Gasteiger partial charge is 0.221 e. The first-order chi connectivity index (χ1) is 7.84. The Morgan fingerprint density at radius 3 is 2.38 bits per heavy atom. The van der Waals surface area contributed by atoms with Crippen LogP contribution in [0.15, 0.2) is 0 Å². The molecule has 3 heteroatoms. The summed E-state index contributed by atoms with van der Waals surface area (Å²) >= 11 is 0. The highest BCUT2D eigenvalue weighted by atomic mass is 16.1. The maximum Gasteiger partial charge on any atom is 0.221 e. The Morgan fingerprint density at radius 2 is 1.62 bits per heavy atom. The van der Waals surface area contributed by atoms with Crippen LogP contribution in [0.25, 0.3) is 0 Å². The van der Waals surface area contributed by atoms with E-state index in [9.17, 15) is 4.79 Å². The molecule has 2 fully saturated rings. The molecule has 2 rings (SSSR count). The summed E-state index contributed by atoms with van der Waals surface area (Å²) in [4.78, 5) is 11.5. The average molecular weight is 224 g/mol. The van der Waals surface area contributed by atoms with E-state index in [2.05, 4.69) is 10.6 Å². The Hall–Kier alpha value is -0.570. The van der Waals surface area contributed by atoms with Gasteiger partial charge in [0, 0.05) is 25.0 Å². The number of rotatable bonds is 2. The Labute approximate surface area is 98.4 Å². The van der Waals surface area contributed by atoms with Gasteiger partial charge in [-0.15, -0.1) is 0 Å². The SMILES string of the molecule is O=C1CC(NC2CCCCCC2)CCCN1. The van der Waals surface area contributed by atoms with Crippen molar-refractivity contribution in [2.75, 3.05) is 6.54 Å². The lowest BCUT2D eigenvalue weighted by molar-refractivity contribution is -0.121. The van der Waals surface area contributed by atoms with Gasteiger partial charge in [0.2, 0.25) is 5.91 Å². The Bertz CT molecular complexity index is 222. The van der Waals surface area contributed by atoms with Crippen LogP contribution in [-0.2, 0) is 4.79 Å². The fourth-order valence-corrected chi connectivity index (χ4v) is 2.90. The molecule has 1 aliphatic carbocycles. The summed E-state index contributed by atoms with van der Waals surface area (Å²) in [5, 5.41) is 6.65. The van der Waals surface area contributed by atoms with Crippen molar-refractivity contribution in [1.82, 2.24) is 10.6 Å². The molecule has 1 amide bonds. The molecule has 92 valence electrons. The van der Waals surface area contributed by atoms with E-state index in [-0.39, 0.29) is 5.91 Å². The van der Waals surface area contributed by atoms with Gasteiger partial charge < -0.3 is 10.6 Å². The van der Waals surface area contributed by atoms with Crippen molar-refractivity contribution in [2.24, 2.45) is 0 Å². The molecule has 0 aromatic rings. The first-order valence-corrected chi connectivity index (χ1v) is 6.87. The quantitative estimate of drug-likeness (QED) is 0.704. The zero-order valence-electron chi connectivity index (χ0n) is 10.1. The van der Waals surface area contributed by atoms with E-state index in [1.165, 1.54) is 38.5 Å². The van der Waals surface area contributed by atoms with Crippen molar-refractivity contribution in [1.29, 1.82) is 0 Å². The molecule has 1 unspecified atom stereocenters. The Balaban J connectivity index is 1.79. The number of carbonyl (C=O) groups is 1. The summed E-state index contributed by atoms with van der Waals surface area (Å²) in [6.45, 7) is 0.863. The third-order valence-electron chi connectivity index (χ3n) is 3.81. The summed E-state index contributed by atoms with van der Waals surface area (Å²) in [6.07, 6.45) is 11.1. The van der Waals surface area contributed by atoms with E-state index in [0.717, 1.165) is 19.4 Å². The lowest BCUT2D eigenvalue weighted by atomic mass is 10.0. The molecule has 2 N–H and O–H groups in total. The zero-order valence-corrected chi connectivity index (χ0v) is 10.1. The number of hydrogen-bond donors (Lipinski definition) is 2. The van der Waals surface area contributed by atoms with E-state index < -0.39 is 0 Å². The first kappa shape index (κ1) is 11.9. The lowest BCUT2D eigenvalue weighted by Gasteiger charge is -2.23. The number of carbonyl (C=O) groups excluding carboxylic acids is 1. The van der Waals surface area contributed by atoms with Crippen molar-refractivity contribution in [2.45, 2.75) is 69.9 Å². The predicted molar refractivity (Wildman–Crippen MR) is 65.3 cm³/mol. The molecule has 1 saturated carbocycles. The minimum Gasteiger partial charge on any atom is -0.356 e. The largest absolute Gasteiger partial charge is 0.356 e. The zero-order chi connectivity index (χ0) is 11.2. The number of amides is 1. The standard InChI is InChI=1S/C13H24N2O/c16-13-10-12(8-5-9-14-13)15-11-6-3-1-2-4-7-11/h11-12,15H,1-10H2,(H,14,16). The second-order valence-corrected chi connectivity index (χ2v) is 5.25. The van der Waals surface area contributed by atoms with E-state index in [1.54, 1.807) is 0 Å². The molecule has 1 heterocycles. The van der Waals surface area contributed by atoms with E-state index in [4.69, 9.17) is 0 Å². The number of nitrogens with one attached hydrogen (secondary N) is 2. The maximum atomic E-state index is 11.5. The average Bonchev–Trinajstić information content (AvgIpc) is 2.61. The van der Waals surface area contributed by atoms with Gasteiger partial charge in [-0.2, -0.15) is 0 Å². The van der Waals surface area contributed by atoms with Crippen LogP contribution in [0.5, 0.6) is 0 Å². The highest BCUT2D eigenvalue weighted by molar-refractivity contribution is 5.76. The molecule has 1 saturated heterocycles. The van der Waals surface area contributed by atoms with Crippen molar-refractivity contribution in [3.8, 4) is 0 Å². The summed E-state index contributed by atoms with van der Waals surface area (Å²) in [5.74, 6) is 0.226. The van der Waals surface area contributed by atoms with Crippen molar-refractivity contribution < 1.29 is 4.79 Å². The van der Waals surface area contributed by atoms with Crippen molar-refractivity contribution >= 4 is 5.91 Å². The second-order valence-electron chi connectivity index (χ2n) is 5.25.